The lowest BCUT2D eigenvalue weighted by molar-refractivity contribution is 0.0690. The number of amides is 1. The third kappa shape index (κ3) is 3.49. The number of aryl methyl sites for hydroxylation is 1. The normalized spacial score (nSPS) is 15.3. The van der Waals surface area contributed by atoms with Gasteiger partial charge in [0, 0.05) is 50.1 Å². The average Bonchev–Trinajstić information content (AvgIpc) is 3.32. The Balaban J connectivity index is 1.44. The van der Waals surface area contributed by atoms with Gasteiger partial charge in [-0.1, -0.05) is 18.2 Å². The van der Waals surface area contributed by atoms with Gasteiger partial charge in [-0.05, 0) is 24.8 Å². The smallest absolute Gasteiger partial charge is 0.256 e. The number of benzene rings is 1. The molecule has 27 heavy (non-hydrogen) atoms. The zero-order chi connectivity index (χ0) is 18.8. The van der Waals surface area contributed by atoms with Crippen LogP contribution < -0.4 is 0 Å². The summed E-state index contributed by atoms with van der Waals surface area (Å²) in [6, 6.07) is 6.53. The van der Waals surface area contributed by atoms with Crippen LogP contribution in [-0.2, 0) is 13.5 Å². The van der Waals surface area contributed by atoms with E-state index in [9.17, 15) is 9.18 Å². The van der Waals surface area contributed by atoms with Crippen molar-refractivity contribution in [1.82, 2.24) is 24.6 Å². The maximum atomic E-state index is 14.2. The lowest BCUT2D eigenvalue weighted by Gasteiger charge is -2.32. The number of likely N-dealkylation sites (tertiary alicyclic amines) is 1. The Morgan fingerprint density at radius 1 is 1.22 bits per heavy atom. The molecule has 4 rings (SSSR count). The van der Waals surface area contributed by atoms with Crippen LogP contribution in [0.25, 0.3) is 11.1 Å². The Labute approximate surface area is 157 Å². The summed E-state index contributed by atoms with van der Waals surface area (Å²) >= 11 is 0. The highest BCUT2D eigenvalue weighted by molar-refractivity contribution is 6.00. The van der Waals surface area contributed by atoms with Crippen molar-refractivity contribution >= 4 is 5.91 Å². The second-order valence-electron chi connectivity index (χ2n) is 7.06. The molecule has 0 saturated carbocycles. The lowest BCUT2D eigenvalue weighted by atomic mass is 9.92. The van der Waals surface area contributed by atoms with Crippen molar-refractivity contribution in [1.29, 1.82) is 0 Å². The number of nitrogens with zero attached hydrogens (tertiary/aromatic N) is 4. The lowest BCUT2D eigenvalue weighted by Crippen LogP contribution is -2.39. The second-order valence-corrected chi connectivity index (χ2v) is 7.06. The van der Waals surface area contributed by atoms with Crippen LogP contribution in [0.5, 0.6) is 0 Å². The van der Waals surface area contributed by atoms with Gasteiger partial charge in [-0.25, -0.2) is 4.39 Å². The monoisotopic (exact) mass is 367 g/mol. The van der Waals surface area contributed by atoms with Gasteiger partial charge < -0.3 is 14.5 Å². The first kappa shape index (κ1) is 17.5. The number of rotatable bonds is 4. The van der Waals surface area contributed by atoms with E-state index in [0.717, 1.165) is 25.1 Å². The third-order valence-electron chi connectivity index (χ3n) is 5.32. The molecule has 0 radical (unpaired) electrons. The largest absolute Gasteiger partial charge is 0.366 e. The summed E-state index contributed by atoms with van der Waals surface area (Å²) in [5, 5.41) is 8.07. The van der Waals surface area contributed by atoms with Crippen molar-refractivity contribution in [2.75, 3.05) is 13.1 Å². The molecule has 1 amide bonds. The fourth-order valence-corrected chi connectivity index (χ4v) is 3.70. The predicted molar refractivity (Wildman–Crippen MR) is 99.5 cm³/mol. The molecular weight excluding hydrogens is 345 g/mol. The number of piperidine rings is 1. The first-order chi connectivity index (χ1) is 13.1. The van der Waals surface area contributed by atoms with E-state index in [0.29, 0.717) is 35.7 Å². The van der Waals surface area contributed by atoms with Gasteiger partial charge in [-0.3, -0.25) is 4.79 Å². The molecule has 3 heterocycles. The molecule has 0 bridgehead atoms. The molecule has 0 spiro atoms. The van der Waals surface area contributed by atoms with E-state index in [1.54, 1.807) is 36.9 Å². The van der Waals surface area contributed by atoms with Crippen LogP contribution in [-0.4, -0.2) is 43.6 Å². The molecule has 1 fully saturated rings. The summed E-state index contributed by atoms with van der Waals surface area (Å²) in [6.45, 7) is 1.40. The quantitative estimate of drug-likeness (QED) is 0.771. The minimum atomic E-state index is -0.325. The van der Waals surface area contributed by atoms with E-state index in [2.05, 4.69) is 15.2 Å². The molecule has 3 aromatic rings. The van der Waals surface area contributed by atoms with E-state index >= 15 is 0 Å². The summed E-state index contributed by atoms with van der Waals surface area (Å²) < 4.78 is 16.1. The van der Waals surface area contributed by atoms with E-state index in [4.69, 9.17) is 0 Å². The SMILES string of the molecule is Cn1cnnc1CC1CCN(C(=O)c2c[nH]cc2-c2ccccc2F)CC1. The van der Waals surface area contributed by atoms with Crippen LogP contribution in [0.4, 0.5) is 4.39 Å². The first-order valence-electron chi connectivity index (χ1n) is 9.17. The molecule has 1 aromatic carbocycles. The van der Waals surface area contributed by atoms with Gasteiger partial charge in [0.25, 0.3) is 5.91 Å². The standard InChI is InChI=1S/C20H22FN5O/c1-25-13-23-24-19(25)10-14-6-8-26(9-7-14)20(27)17-12-22-11-16(17)15-4-2-3-5-18(15)21/h2-5,11-14,22H,6-10H2,1H3. The summed E-state index contributed by atoms with van der Waals surface area (Å²) in [7, 11) is 1.95. The number of aromatic amines is 1. The minimum Gasteiger partial charge on any atom is -0.366 e. The summed E-state index contributed by atoms with van der Waals surface area (Å²) in [5.41, 5.74) is 1.57. The summed E-state index contributed by atoms with van der Waals surface area (Å²) in [4.78, 5) is 17.8. The van der Waals surface area contributed by atoms with Crippen LogP contribution in [0.1, 0.15) is 29.0 Å². The van der Waals surface area contributed by atoms with Crippen molar-refractivity contribution in [3.63, 3.8) is 0 Å². The molecular formula is C20H22FN5O. The molecule has 0 unspecified atom stereocenters. The number of carbonyl (C=O) groups is 1. The molecule has 140 valence electrons. The maximum Gasteiger partial charge on any atom is 0.256 e. The summed E-state index contributed by atoms with van der Waals surface area (Å²) in [5.74, 6) is 1.10. The van der Waals surface area contributed by atoms with Crippen LogP contribution in [0, 0.1) is 11.7 Å². The Bertz CT molecular complexity index is 939. The highest BCUT2D eigenvalue weighted by atomic mass is 19.1. The zero-order valence-corrected chi connectivity index (χ0v) is 15.2. The molecule has 1 saturated heterocycles. The van der Waals surface area contributed by atoms with Crippen molar-refractivity contribution < 1.29 is 9.18 Å². The number of hydrogen-bond donors (Lipinski definition) is 1. The van der Waals surface area contributed by atoms with Crippen molar-refractivity contribution in [3.8, 4) is 11.1 Å². The highest BCUT2D eigenvalue weighted by Crippen LogP contribution is 2.29. The number of carbonyl (C=O) groups excluding carboxylic acids is 1. The Morgan fingerprint density at radius 3 is 2.70 bits per heavy atom. The fraction of sp³-hybridized carbons (Fsp3) is 0.350. The van der Waals surface area contributed by atoms with Gasteiger partial charge in [0.05, 0.1) is 5.56 Å². The van der Waals surface area contributed by atoms with Crippen LogP contribution in [0.3, 0.4) is 0 Å². The molecule has 2 aromatic heterocycles. The van der Waals surface area contributed by atoms with Crippen LogP contribution in [0.15, 0.2) is 43.0 Å². The average molecular weight is 367 g/mol. The molecule has 1 aliphatic heterocycles. The van der Waals surface area contributed by atoms with Crippen LogP contribution >= 0.6 is 0 Å². The molecule has 1 aliphatic rings. The molecule has 7 heteroatoms. The summed E-state index contributed by atoms with van der Waals surface area (Å²) in [6.07, 6.45) is 7.80. The number of aromatic nitrogens is 4. The van der Waals surface area contributed by atoms with Gasteiger partial charge in [-0.15, -0.1) is 10.2 Å². The number of halogens is 1. The molecule has 6 nitrogen and oxygen atoms in total. The van der Waals surface area contributed by atoms with E-state index in [1.165, 1.54) is 6.07 Å². The maximum absolute atomic E-state index is 14.2. The van der Waals surface area contributed by atoms with Gasteiger partial charge in [0.1, 0.15) is 18.0 Å². The number of hydrogen-bond acceptors (Lipinski definition) is 3. The molecule has 0 aliphatic carbocycles. The van der Waals surface area contributed by atoms with Gasteiger partial charge in [0.15, 0.2) is 0 Å². The molecule has 1 N–H and O–H groups in total. The fourth-order valence-electron chi connectivity index (χ4n) is 3.70. The van der Waals surface area contributed by atoms with E-state index in [1.807, 2.05) is 16.5 Å². The molecule has 0 atom stereocenters. The number of H-pyrrole nitrogens is 1. The van der Waals surface area contributed by atoms with E-state index < -0.39 is 0 Å². The zero-order valence-electron chi connectivity index (χ0n) is 15.2. The Hall–Kier alpha value is -2.96. The van der Waals surface area contributed by atoms with Crippen LogP contribution in [0.2, 0.25) is 0 Å². The van der Waals surface area contributed by atoms with Gasteiger partial charge in [-0.2, -0.15) is 0 Å². The van der Waals surface area contributed by atoms with Gasteiger partial charge >= 0.3 is 0 Å². The van der Waals surface area contributed by atoms with Gasteiger partial charge in [0.2, 0.25) is 0 Å². The topological polar surface area (TPSA) is 66.8 Å². The predicted octanol–water partition coefficient (Wildman–Crippen LogP) is 3.04. The highest BCUT2D eigenvalue weighted by Gasteiger charge is 2.27. The Morgan fingerprint density at radius 2 is 2.00 bits per heavy atom. The third-order valence-corrected chi connectivity index (χ3v) is 5.32. The minimum absolute atomic E-state index is 0.0494. The number of nitrogens with one attached hydrogen (secondary N) is 1. The second kappa shape index (κ2) is 7.34. The first-order valence-corrected chi connectivity index (χ1v) is 9.17. The van der Waals surface area contributed by atoms with Crippen molar-refractivity contribution in [3.05, 3.63) is 60.2 Å². The van der Waals surface area contributed by atoms with Crippen molar-refractivity contribution in [2.45, 2.75) is 19.3 Å². The Kier molecular flexibility index (Phi) is 4.75. The van der Waals surface area contributed by atoms with E-state index in [-0.39, 0.29) is 11.7 Å². The van der Waals surface area contributed by atoms with Crippen molar-refractivity contribution in [2.24, 2.45) is 13.0 Å².